The summed E-state index contributed by atoms with van der Waals surface area (Å²) in [5, 5.41) is 8.60. The Morgan fingerprint density at radius 3 is 2.37 bits per heavy atom. The average molecular weight is 631 g/mol. The second-order valence-corrected chi connectivity index (χ2v) is 11.3. The lowest BCUT2D eigenvalue weighted by Crippen LogP contribution is -2.49. The third-order valence-electron chi connectivity index (χ3n) is 7.60. The summed E-state index contributed by atoms with van der Waals surface area (Å²) in [4.78, 5) is 55.2. The zero-order valence-electron chi connectivity index (χ0n) is 26.5. The first-order chi connectivity index (χ1) is 22.2. The Morgan fingerprint density at radius 2 is 1.65 bits per heavy atom. The van der Waals surface area contributed by atoms with Crippen LogP contribution in [0.1, 0.15) is 42.6 Å². The first-order valence-electron chi connectivity index (χ1n) is 15.4. The molecule has 244 valence electrons. The highest BCUT2D eigenvalue weighted by atomic mass is 16.5. The number of methoxy groups -OCH3 is 1. The van der Waals surface area contributed by atoms with Crippen LogP contribution in [0.15, 0.2) is 78.9 Å². The summed E-state index contributed by atoms with van der Waals surface area (Å²) in [6.07, 6.45) is -0.0626. The molecule has 0 unspecified atom stereocenters. The minimum atomic E-state index is -1.04. The summed E-state index contributed by atoms with van der Waals surface area (Å²) in [7, 11) is 1.58. The van der Waals surface area contributed by atoms with Crippen LogP contribution in [0.3, 0.4) is 0 Å². The zero-order valence-corrected chi connectivity index (χ0v) is 26.5. The number of carbonyl (C=O) groups excluding carboxylic acids is 4. The number of nitrogens with one attached hydrogen (secondary N) is 3. The molecule has 3 aromatic carbocycles. The predicted octanol–water partition coefficient (Wildman–Crippen LogP) is 3.33. The van der Waals surface area contributed by atoms with Gasteiger partial charge in [0.25, 0.3) is 5.91 Å². The third-order valence-corrected chi connectivity index (χ3v) is 7.60. The van der Waals surface area contributed by atoms with Crippen molar-refractivity contribution >= 4 is 23.6 Å². The quantitative estimate of drug-likeness (QED) is 0.309. The summed E-state index contributed by atoms with van der Waals surface area (Å²) < 4.78 is 16.9. The lowest BCUT2D eigenvalue weighted by Gasteiger charge is -2.26. The van der Waals surface area contributed by atoms with Gasteiger partial charge in [0.2, 0.25) is 17.7 Å². The van der Waals surface area contributed by atoms with Gasteiger partial charge >= 0.3 is 0 Å². The van der Waals surface area contributed by atoms with Crippen LogP contribution in [0.25, 0.3) is 0 Å². The maximum absolute atomic E-state index is 13.6. The van der Waals surface area contributed by atoms with Crippen molar-refractivity contribution in [2.45, 2.75) is 45.3 Å². The van der Waals surface area contributed by atoms with E-state index in [0.29, 0.717) is 17.2 Å². The van der Waals surface area contributed by atoms with Crippen molar-refractivity contribution < 1.29 is 33.4 Å². The molecule has 1 heterocycles. The molecule has 46 heavy (non-hydrogen) atoms. The molecule has 0 radical (unpaired) electrons. The van der Waals surface area contributed by atoms with Crippen LogP contribution >= 0.6 is 0 Å². The summed E-state index contributed by atoms with van der Waals surface area (Å²) >= 11 is 0. The van der Waals surface area contributed by atoms with Crippen molar-refractivity contribution in [2.75, 3.05) is 33.4 Å². The van der Waals surface area contributed by atoms with Gasteiger partial charge in [-0.3, -0.25) is 19.2 Å². The van der Waals surface area contributed by atoms with Gasteiger partial charge in [-0.05, 0) is 54.3 Å². The molecule has 4 amide bonds. The van der Waals surface area contributed by atoms with Gasteiger partial charge in [-0.1, -0.05) is 56.3 Å². The van der Waals surface area contributed by atoms with Gasteiger partial charge in [0.1, 0.15) is 36.5 Å². The Morgan fingerprint density at radius 1 is 0.957 bits per heavy atom. The highest BCUT2D eigenvalue weighted by Crippen LogP contribution is 2.20. The summed E-state index contributed by atoms with van der Waals surface area (Å²) in [6, 6.07) is 21.8. The minimum Gasteiger partial charge on any atom is -0.497 e. The van der Waals surface area contributed by atoms with Crippen LogP contribution in [-0.4, -0.2) is 74.0 Å². The number of ether oxygens (including phenoxy) is 3. The molecule has 0 saturated heterocycles. The Labute approximate surface area is 269 Å². The van der Waals surface area contributed by atoms with Crippen LogP contribution in [0.5, 0.6) is 17.2 Å². The number of carbonyl (C=O) groups is 4. The van der Waals surface area contributed by atoms with Gasteiger partial charge in [0, 0.05) is 13.0 Å². The van der Waals surface area contributed by atoms with Gasteiger partial charge in [0.15, 0.2) is 0 Å². The van der Waals surface area contributed by atoms with Gasteiger partial charge in [-0.25, -0.2) is 0 Å². The molecule has 2 atom stereocenters. The van der Waals surface area contributed by atoms with Crippen LogP contribution in [-0.2, 0) is 20.9 Å². The van der Waals surface area contributed by atoms with Gasteiger partial charge in [0.05, 0.1) is 31.8 Å². The third kappa shape index (κ3) is 9.98. The molecule has 1 aliphatic rings. The molecule has 4 rings (SSSR count). The highest BCUT2D eigenvalue weighted by Gasteiger charge is 2.28. The summed E-state index contributed by atoms with van der Waals surface area (Å²) in [6.45, 7) is 4.43. The van der Waals surface area contributed by atoms with Crippen molar-refractivity contribution in [3.63, 3.8) is 0 Å². The molecular formula is C35H42N4O7. The Balaban J connectivity index is 1.52. The van der Waals surface area contributed by atoms with Crippen LogP contribution < -0.4 is 30.2 Å². The van der Waals surface area contributed by atoms with Crippen molar-refractivity contribution in [1.29, 1.82) is 0 Å². The van der Waals surface area contributed by atoms with Crippen molar-refractivity contribution in [3.05, 3.63) is 90.0 Å². The van der Waals surface area contributed by atoms with Crippen molar-refractivity contribution in [2.24, 2.45) is 5.92 Å². The number of amides is 4. The van der Waals surface area contributed by atoms with E-state index in [4.69, 9.17) is 14.2 Å². The fraction of sp³-hybridized carbons (Fsp3) is 0.371. The van der Waals surface area contributed by atoms with E-state index in [-0.39, 0.29) is 75.0 Å². The number of nitrogens with zero attached hydrogens (tertiary/aromatic N) is 1. The SMILES string of the molecule is COc1ccc(OCCNC(=O)[C@@H]2CCC(=O)N(Cc3ccccc3)CC(=O)N[C@@H](C(C)C)COc3ccccc3C(=O)N2)cc1. The monoisotopic (exact) mass is 630 g/mol. The average Bonchev–Trinajstić information content (AvgIpc) is 3.06. The minimum absolute atomic E-state index is 0.0142. The van der Waals surface area contributed by atoms with Gasteiger partial charge in [-0.2, -0.15) is 0 Å². The standard InChI is InChI=1S/C35H42N4O7/c1-24(2)30-23-46-31-12-8-7-11-28(31)34(42)38-29(35(43)36-19-20-45-27-15-13-26(44-3)14-16-27)17-18-33(41)39(22-32(40)37-30)21-25-9-5-4-6-10-25/h4-16,24,29-30H,17-23H2,1-3H3,(H,36,43)(H,37,40)(H,38,42)/t29-,30+/m0/s1. The van der Waals surface area contributed by atoms with Crippen molar-refractivity contribution in [1.82, 2.24) is 20.9 Å². The topological polar surface area (TPSA) is 135 Å². The van der Waals surface area contributed by atoms with E-state index in [0.717, 1.165) is 5.56 Å². The van der Waals surface area contributed by atoms with E-state index in [9.17, 15) is 19.2 Å². The lowest BCUT2D eigenvalue weighted by atomic mass is 10.1. The molecule has 0 aliphatic carbocycles. The highest BCUT2D eigenvalue weighted by molar-refractivity contribution is 5.99. The Kier molecular flexibility index (Phi) is 12.4. The van der Waals surface area contributed by atoms with E-state index < -0.39 is 17.9 Å². The number of hydrogen-bond acceptors (Lipinski definition) is 7. The van der Waals surface area contributed by atoms with E-state index >= 15 is 0 Å². The van der Waals surface area contributed by atoms with Crippen LogP contribution in [0.2, 0.25) is 0 Å². The second-order valence-electron chi connectivity index (χ2n) is 11.3. The molecule has 3 aromatic rings. The van der Waals surface area contributed by atoms with E-state index in [1.54, 1.807) is 55.6 Å². The Hall–Kier alpha value is -5.06. The number of para-hydroxylation sites is 1. The van der Waals surface area contributed by atoms with Gasteiger partial charge in [-0.15, -0.1) is 0 Å². The smallest absolute Gasteiger partial charge is 0.255 e. The fourth-order valence-corrected chi connectivity index (χ4v) is 4.89. The lowest BCUT2D eigenvalue weighted by molar-refractivity contribution is -0.137. The second kappa shape index (κ2) is 16.9. The molecule has 1 aliphatic heterocycles. The molecule has 3 N–H and O–H groups in total. The van der Waals surface area contributed by atoms with Crippen LogP contribution in [0.4, 0.5) is 0 Å². The molecule has 11 heteroatoms. The summed E-state index contributed by atoms with van der Waals surface area (Å²) in [5.74, 6) is 0.0286. The number of fused-ring (bicyclic) bond motifs is 1. The van der Waals surface area contributed by atoms with E-state index in [1.807, 2.05) is 44.2 Å². The molecule has 0 spiro atoms. The van der Waals surface area contributed by atoms with E-state index in [1.165, 1.54) is 4.90 Å². The number of benzene rings is 3. The number of rotatable bonds is 9. The largest absolute Gasteiger partial charge is 0.497 e. The fourth-order valence-electron chi connectivity index (χ4n) is 4.89. The summed E-state index contributed by atoms with van der Waals surface area (Å²) in [5.41, 5.74) is 1.10. The zero-order chi connectivity index (χ0) is 32.9. The maximum Gasteiger partial charge on any atom is 0.255 e. The first kappa shape index (κ1) is 33.8. The number of hydrogen-bond donors (Lipinski definition) is 3. The molecule has 0 saturated carbocycles. The maximum atomic E-state index is 13.6. The molecular weight excluding hydrogens is 588 g/mol. The van der Waals surface area contributed by atoms with E-state index in [2.05, 4.69) is 16.0 Å². The van der Waals surface area contributed by atoms with Gasteiger partial charge < -0.3 is 35.1 Å². The van der Waals surface area contributed by atoms with Crippen molar-refractivity contribution in [3.8, 4) is 17.2 Å². The molecule has 0 fully saturated rings. The Bertz CT molecular complexity index is 1460. The normalized spacial score (nSPS) is 17.8. The molecule has 11 nitrogen and oxygen atoms in total. The molecule has 0 aromatic heterocycles. The van der Waals surface area contributed by atoms with Crippen LogP contribution in [0, 0.1) is 5.92 Å². The first-order valence-corrected chi connectivity index (χ1v) is 15.4. The predicted molar refractivity (Wildman–Crippen MR) is 173 cm³/mol. The molecule has 0 bridgehead atoms.